The molecule has 0 radical (unpaired) electrons. The number of hydrogen-bond acceptors (Lipinski definition) is 7. The summed E-state index contributed by atoms with van der Waals surface area (Å²) < 4.78 is 4.51. The van der Waals surface area contributed by atoms with Crippen LogP contribution in [0.15, 0.2) is 30.7 Å². The molecule has 0 unspecified atom stereocenters. The van der Waals surface area contributed by atoms with Gasteiger partial charge in [-0.1, -0.05) is 40.9 Å². The Morgan fingerprint density at radius 1 is 1.43 bits per heavy atom. The second-order valence-electron chi connectivity index (χ2n) is 5.57. The third kappa shape index (κ3) is 6.48. The van der Waals surface area contributed by atoms with Crippen molar-refractivity contribution in [3.05, 3.63) is 52.2 Å². The van der Waals surface area contributed by atoms with Crippen molar-refractivity contribution in [1.82, 2.24) is 25.2 Å². The third-order valence-electron chi connectivity index (χ3n) is 3.59. The van der Waals surface area contributed by atoms with Gasteiger partial charge >= 0.3 is 11.9 Å². The molecule has 0 aliphatic heterocycles. The highest BCUT2D eigenvalue weighted by Crippen LogP contribution is 2.29. The van der Waals surface area contributed by atoms with Crippen LogP contribution in [0, 0.1) is 17.0 Å². The zero-order valence-corrected chi connectivity index (χ0v) is 16.9. The highest BCUT2D eigenvalue weighted by atomic mass is 35.6. The number of halogens is 3. The summed E-state index contributed by atoms with van der Waals surface area (Å²) in [6.07, 6.45) is 2.49. The van der Waals surface area contributed by atoms with E-state index in [1.807, 2.05) is 6.07 Å². The molecule has 2 rings (SSSR count). The van der Waals surface area contributed by atoms with Crippen LogP contribution in [-0.4, -0.2) is 42.1 Å². The number of carbonyl (C=O) groups excluding carboxylic acids is 1. The van der Waals surface area contributed by atoms with Crippen molar-refractivity contribution in [3.8, 4) is 0 Å². The van der Waals surface area contributed by atoms with Gasteiger partial charge in [0, 0.05) is 25.9 Å². The lowest BCUT2D eigenvalue weighted by Gasteiger charge is -2.26. The van der Waals surface area contributed by atoms with E-state index in [-0.39, 0.29) is 25.5 Å². The maximum absolute atomic E-state index is 12.0. The van der Waals surface area contributed by atoms with Crippen molar-refractivity contribution in [2.45, 2.75) is 30.0 Å². The molecule has 0 aliphatic carbocycles. The van der Waals surface area contributed by atoms with Gasteiger partial charge in [0.15, 0.2) is 5.82 Å². The number of aryl methyl sites for hydroxylation is 1. The number of nitrogens with zero attached hydrogens (tertiary/aromatic N) is 4. The first-order chi connectivity index (χ1) is 13.2. The first-order valence-electron chi connectivity index (χ1n) is 7.97. The second kappa shape index (κ2) is 9.87. The van der Waals surface area contributed by atoms with Crippen LogP contribution in [0.2, 0.25) is 0 Å². The third-order valence-corrected chi connectivity index (χ3v) is 4.25. The molecule has 13 heteroatoms. The Bertz CT molecular complexity index is 812. The molecule has 0 aliphatic rings. The van der Waals surface area contributed by atoms with Gasteiger partial charge in [-0.2, -0.15) is 0 Å². The second-order valence-corrected chi connectivity index (χ2v) is 7.94. The Labute approximate surface area is 175 Å². The molecule has 0 fully saturated rings. The molecule has 0 spiro atoms. The van der Waals surface area contributed by atoms with Gasteiger partial charge in [-0.05, 0) is 16.6 Å². The molecule has 1 atom stereocenters. The van der Waals surface area contributed by atoms with Crippen molar-refractivity contribution in [3.63, 3.8) is 0 Å². The lowest BCUT2D eigenvalue weighted by molar-refractivity contribution is -0.392. The molecule has 10 nitrogen and oxygen atoms in total. The van der Waals surface area contributed by atoms with Crippen LogP contribution >= 0.6 is 34.8 Å². The van der Waals surface area contributed by atoms with Crippen LogP contribution in [-0.2, 0) is 17.8 Å². The van der Waals surface area contributed by atoms with E-state index in [9.17, 15) is 14.9 Å². The summed E-state index contributed by atoms with van der Waals surface area (Å²) in [7, 11) is 0. The number of nitro groups is 1. The number of hydrogen-bond donors (Lipinski definition) is 2. The number of imidazole rings is 1. The Hall–Kier alpha value is -2.14. The van der Waals surface area contributed by atoms with E-state index in [2.05, 4.69) is 20.6 Å². The minimum absolute atomic E-state index is 0.0527. The number of rotatable bonds is 8. The number of nitrogens with one attached hydrogen (secondary N) is 2. The van der Waals surface area contributed by atoms with Crippen LogP contribution in [0.4, 0.5) is 10.6 Å². The first-order valence-corrected chi connectivity index (χ1v) is 9.10. The zero-order chi connectivity index (χ0) is 20.7. The summed E-state index contributed by atoms with van der Waals surface area (Å²) in [4.78, 5) is 30.2. The summed E-state index contributed by atoms with van der Waals surface area (Å²) in [5.41, 5.74) is 0.819. The highest BCUT2D eigenvalue weighted by Gasteiger charge is 2.34. The molecule has 2 aromatic rings. The van der Waals surface area contributed by atoms with Crippen molar-refractivity contribution < 1.29 is 14.5 Å². The molecule has 1 amide bonds. The molecule has 0 aromatic carbocycles. The van der Waals surface area contributed by atoms with Crippen molar-refractivity contribution in [1.29, 1.82) is 0 Å². The summed E-state index contributed by atoms with van der Waals surface area (Å²) in [6.45, 7) is 1.80. The smallest absolute Gasteiger partial charge is 0.408 e. The predicted octanol–water partition coefficient (Wildman–Crippen LogP) is 2.71. The lowest BCUT2D eigenvalue weighted by atomic mass is 10.3. The average Bonchev–Trinajstić information content (AvgIpc) is 2.99. The number of aromatic nitrogens is 3. The summed E-state index contributed by atoms with van der Waals surface area (Å²) in [5, 5.41) is 16.2. The minimum atomic E-state index is -1.85. The SMILES string of the molecule is Cc1ncc([N+](=O)[O-])n1CCOC(=O)N[C@H](NCc1cccnc1)C(Cl)(Cl)Cl. The number of carbonyl (C=O) groups is 1. The molecular weight excluding hydrogens is 435 g/mol. The van der Waals surface area contributed by atoms with Crippen LogP contribution in [0.3, 0.4) is 0 Å². The standard InChI is InChI=1S/C15H17Cl3N6O4/c1-10-20-9-12(24(26)27)23(10)5-6-28-14(25)22-13(15(16,17)18)21-8-11-3-2-4-19-7-11/h2-4,7,9,13,21H,5-6,8H2,1H3,(H,22,25)/t13-/m0/s1. The number of ether oxygens (including phenoxy) is 1. The summed E-state index contributed by atoms with van der Waals surface area (Å²) in [5.74, 6) is 0.229. The molecule has 2 aromatic heterocycles. The van der Waals surface area contributed by atoms with E-state index >= 15 is 0 Å². The van der Waals surface area contributed by atoms with E-state index in [1.54, 1.807) is 25.4 Å². The van der Waals surface area contributed by atoms with Crippen molar-refractivity contribution >= 4 is 46.7 Å². The lowest BCUT2D eigenvalue weighted by Crippen LogP contribution is -2.53. The predicted molar refractivity (Wildman–Crippen MR) is 103 cm³/mol. The molecule has 2 N–H and O–H groups in total. The normalized spacial score (nSPS) is 12.4. The highest BCUT2D eigenvalue weighted by molar-refractivity contribution is 6.68. The first kappa shape index (κ1) is 22.2. The van der Waals surface area contributed by atoms with Gasteiger partial charge in [0.05, 0.1) is 0 Å². The number of pyridine rings is 1. The van der Waals surface area contributed by atoms with Crippen molar-refractivity contribution in [2.75, 3.05) is 6.61 Å². The Balaban J connectivity index is 1.88. The van der Waals surface area contributed by atoms with Gasteiger partial charge in [0.1, 0.15) is 25.5 Å². The van der Waals surface area contributed by atoms with E-state index in [4.69, 9.17) is 39.5 Å². The monoisotopic (exact) mass is 450 g/mol. The van der Waals surface area contributed by atoms with Crippen LogP contribution in [0.1, 0.15) is 11.4 Å². The van der Waals surface area contributed by atoms with Crippen LogP contribution in [0.25, 0.3) is 0 Å². The van der Waals surface area contributed by atoms with Crippen LogP contribution < -0.4 is 10.6 Å². The Kier molecular flexibility index (Phi) is 7.81. The largest absolute Gasteiger partial charge is 0.445 e. The van der Waals surface area contributed by atoms with E-state index < -0.39 is 21.0 Å². The summed E-state index contributed by atoms with van der Waals surface area (Å²) in [6, 6.07) is 3.56. The minimum Gasteiger partial charge on any atom is -0.445 e. The fourth-order valence-corrected chi connectivity index (χ4v) is 2.63. The molecular formula is C15H17Cl3N6O4. The van der Waals surface area contributed by atoms with Gasteiger partial charge in [0.25, 0.3) is 0 Å². The topological polar surface area (TPSA) is 124 Å². The van der Waals surface area contributed by atoms with E-state index in [1.165, 1.54) is 4.57 Å². The molecule has 0 saturated heterocycles. The quantitative estimate of drug-likeness (QED) is 0.274. The van der Waals surface area contributed by atoms with Gasteiger partial charge in [0.2, 0.25) is 3.79 Å². The Morgan fingerprint density at radius 2 is 2.18 bits per heavy atom. The summed E-state index contributed by atoms with van der Waals surface area (Å²) >= 11 is 17.7. The number of alkyl halides is 3. The number of amides is 1. The fourth-order valence-electron chi connectivity index (χ4n) is 2.24. The molecule has 2 heterocycles. The zero-order valence-electron chi connectivity index (χ0n) is 14.6. The number of alkyl carbamates (subject to hydrolysis) is 1. The Morgan fingerprint density at radius 3 is 2.79 bits per heavy atom. The van der Waals surface area contributed by atoms with E-state index in [0.717, 1.165) is 11.8 Å². The van der Waals surface area contributed by atoms with Gasteiger partial charge in [-0.3, -0.25) is 10.3 Å². The maximum Gasteiger partial charge on any atom is 0.408 e. The van der Waals surface area contributed by atoms with Crippen LogP contribution in [0.5, 0.6) is 0 Å². The van der Waals surface area contributed by atoms with Gasteiger partial charge < -0.3 is 20.2 Å². The van der Waals surface area contributed by atoms with E-state index in [0.29, 0.717) is 5.82 Å². The maximum atomic E-state index is 12.0. The molecule has 152 valence electrons. The van der Waals surface area contributed by atoms with Gasteiger partial charge in [-0.25, -0.2) is 14.3 Å². The van der Waals surface area contributed by atoms with Crippen molar-refractivity contribution in [2.24, 2.45) is 0 Å². The fraction of sp³-hybridized carbons (Fsp3) is 0.400. The molecule has 0 bridgehead atoms. The average molecular weight is 452 g/mol. The molecule has 28 heavy (non-hydrogen) atoms. The van der Waals surface area contributed by atoms with Gasteiger partial charge in [-0.15, -0.1) is 0 Å². The molecule has 0 saturated carbocycles.